The first-order valence-corrected chi connectivity index (χ1v) is 7.31. The van der Waals surface area contributed by atoms with E-state index in [9.17, 15) is 4.79 Å². The Morgan fingerprint density at radius 1 is 1.53 bits per heavy atom. The van der Waals surface area contributed by atoms with Crippen molar-refractivity contribution in [2.45, 2.75) is 51.7 Å². The SMILES string of the molecule is CC(CCOC(=O)COC1CCCCO1)CC1=CC1. The van der Waals surface area contributed by atoms with Crippen LogP contribution in [0, 0.1) is 5.92 Å². The summed E-state index contributed by atoms with van der Waals surface area (Å²) in [5.74, 6) is 0.302. The standard InChI is InChI=1S/C15H24O4/c1-12(10-13-5-6-13)7-9-17-14(16)11-19-15-4-2-3-8-18-15/h5,12,15H,2-4,6-11H2,1H3. The van der Waals surface area contributed by atoms with E-state index in [1.165, 1.54) is 12.0 Å². The lowest BCUT2D eigenvalue weighted by Crippen LogP contribution is -2.26. The minimum atomic E-state index is -0.285. The van der Waals surface area contributed by atoms with E-state index >= 15 is 0 Å². The van der Waals surface area contributed by atoms with Gasteiger partial charge in [-0.1, -0.05) is 18.6 Å². The van der Waals surface area contributed by atoms with Crippen molar-refractivity contribution in [1.82, 2.24) is 0 Å². The molecule has 0 amide bonds. The van der Waals surface area contributed by atoms with Gasteiger partial charge in [-0.25, -0.2) is 4.79 Å². The summed E-state index contributed by atoms with van der Waals surface area (Å²) >= 11 is 0. The van der Waals surface area contributed by atoms with Crippen LogP contribution in [0.15, 0.2) is 11.6 Å². The van der Waals surface area contributed by atoms with Gasteiger partial charge < -0.3 is 14.2 Å². The molecule has 1 saturated heterocycles. The number of carbonyl (C=O) groups excluding carboxylic acids is 1. The van der Waals surface area contributed by atoms with Crippen LogP contribution in [0.5, 0.6) is 0 Å². The molecule has 0 aromatic rings. The monoisotopic (exact) mass is 268 g/mol. The summed E-state index contributed by atoms with van der Waals surface area (Å²) in [5.41, 5.74) is 1.54. The number of allylic oxidation sites excluding steroid dienone is 2. The lowest BCUT2D eigenvalue weighted by atomic mass is 10.0. The van der Waals surface area contributed by atoms with Crippen molar-refractivity contribution >= 4 is 5.97 Å². The molecule has 0 spiro atoms. The van der Waals surface area contributed by atoms with Gasteiger partial charge in [0.25, 0.3) is 0 Å². The van der Waals surface area contributed by atoms with Crippen molar-refractivity contribution in [3.05, 3.63) is 11.6 Å². The predicted octanol–water partition coefficient (Wildman–Crippen LogP) is 2.82. The lowest BCUT2D eigenvalue weighted by molar-refractivity contribution is -0.182. The Bertz CT molecular complexity index is 318. The van der Waals surface area contributed by atoms with Crippen molar-refractivity contribution < 1.29 is 19.0 Å². The summed E-state index contributed by atoms with van der Waals surface area (Å²) in [6, 6.07) is 0. The van der Waals surface area contributed by atoms with E-state index in [2.05, 4.69) is 13.0 Å². The number of hydrogen-bond donors (Lipinski definition) is 0. The molecular weight excluding hydrogens is 244 g/mol. The van der Waals surface area contributed by atoms with Gasteiger partial charge in [0.1, 0.15) is 6.61 Å². The van der Waals surface area contributed by atoms with Gasteiger partial charge in [0.2, 0.25) is 0 Å². The van der Waals surface area contributed by atoms with Crippen molar-refractivity contribution in [2.75, 3.05) is 19.8 Å². The van der Waals surface area contributed by atoms with Gasteiger partial charge >= 0.3 is 5.97 Å². The number of esters is 1. The third-order valence-electron chi connectivity index (χ3n) is 3.50. The highest BCUT2D eigenvalue weighted by Crippen LogP contribution is 2.27. The van der Waals surface area contributed by atoms with Crippen molar-refractivity contribution in [2.24, 2.45) is 5.92 Å². The van der Waals surface area contributed by atoms with Gasteiger partial charge in [0, 0.05) is 6.61 Å². The van der Waals surface area contributed by atoms with Gasteiger partial charge in [-0.15, -0.1) is 0 Å². The molecule has 0 N–H and O–H groups in total. The van der Waals surface area contributed by atoms with Crippen molar-refractivity contribution in [3.8, 4) is 0 Å². The maximum Gasteiger partial charge on any atom is 0.332 e. The molecule has 2 aliphatic rings. The van der Waals surface area contributed by atoms with Crippen molar-refractivity contribution in [1.29, 1.82) is 0 Å². The van der Waals surface area contributed by atoms with Crippen LogP contribution in [0.25, 0.3) is 0 Å². The van der Waals surface area contributed by atoms with Gasteiger partial charge in [-0.2, -0.15) is 0 Å². The predicted molar refractivity (Wildman–Crippen MR) is 71.6 cm³/mol. The van der Waals surface area contributed by atoms with E-state index in [-0.39, 0.29) is 18.9 Å². The zero-order chi connectivity index (χ0) is 13.5. The van der Waals surface area contributed by atoms with Gasteiger partial charge in [0.15, 0.2) is 6.29 Å². The summed E-state index contributed by atoms with van der Waals surface area (Å²) in [6.07, 6.45) is 8.33. The minimum absolute atomic E-state index is 0.00417. The summed E-state index contributed by atoms with van der Waals surface area (Å²) in [4.78, 5) is 11.5. The highest BCUT2D eigenvalue weighted by Gasteiger charge is 2.16. The van der Waals surface area contributed by atoms with Crippen LogP contribution >= 0.6 is 0 Å². The van der Waals surface area contributed by atoms with Crippen LogP contribution in [0.4, 0.5) is 0 Å². The lowest BCUT2D eigenvalue weighted by Gasteiger charge is -2.22. The highest BCUT2D eigenvalue weighted by atomic mass is 16.7. The summed E-state index contributed by atoms with van der Waals surface area (Å²) < 4.78 is 15.9. The first-order chi connectivity index (χ1) is 9.24. The van der Waals surface area contributed by atoms with Crippen LogP contribution < -0.4 is 0 Å². The Kier molecular flexibility index (Phi) is 5.86. The van der Waals surface area contributed by atoms with Crippen LogP contribution in [-0.2, 0) is 19.0 Å². The molecule has 4 heteroatoms. The molecule has 1 aliphatic carbocycles. The smallest absolute Gasteiger partial charge is 0.332 e. The number of carbonyl (C=O) groups is 1. The Balaban J connectivity index is 1.47. The zero-order valence-electron chi connectivity index (χ0n) is 11.7. The van der Waals surface area contributed by atoms with E-state index in [0.717, 1.165) is 38.7 Å². The molecule has 0 aromatic carbocycles. The first kappa shape index (κ1) is 14.5. The van der Waals surface area contributed by atoms with Crippen LogP contribution in [0.3, 0.4) is 0 Å². The average Bonchev–Trinajstić information content (AvgIpc) is 3.21. The molecule has 1 fully saturated rings. The molecule has 2 rings (SSSR count). The molecule has 108 valence electrons. The molecule has 2 unspecified atom stereocenters. The van der Waals surface area contributed by atoms with E-state index in [0.29, 0.717) is 12.5 Å². The second-order valence-corrected chi connectivity index (χ2v) is 5.49. The number of rotatable bonds is 8. The van der Waals surface area contributed by atoms with Crippen molar-refractivity contribution in [3.63, 3.8) is 0 Å². The average molecular weight is 268 g/mol. The summed E-state index contributed by atoms with van der Waals surface area (Å²) in [6.45, 7) is 3.42. The molecule has 0 bridgehead atoms. The van der Waals surface area contributed by atoms with Gasteiger partial charge in [0.05, 0.1) is 6.61 Å². The normalized spacial score (nSPS) is 23.6. The van der Waals surface area contributed by atoms with E-state index in [1.807, 2.05) is 0 Å². The Hall–Kier alpha value is -0.870. The Labute approximate surface area is 115 Å². The molecule has 19 heavy (non-hydrogen) atoms. The molecule has 0 radical (unpaired) electrons. The first-order valence-electron chi connectivity index (χ1n) is 7.31. The fourth-order valence-electron chi connectivity index (χ4n) is 2.21. The summed E-state index contributed by atoms with van der Waals surface area (Å²) in [5, 5.41) is 0. The number of ether oxygens (including phenoxy) is 3. The maximum absolute atomic E-state index is 11.5. The highest BCUT2D eigenvalue weighted by molar-refractivity contribution is 5.70. The van der Waals surface area contributed by atoms with E-state index in [1.54, 1.807) is 0 Å². The Morgan fingerprint density at radius 2 is 2.37 bits per heavy atom. The van der Waals surface area contributed by atoms with E-state index in [4.69, 9.17) is 14.2 Å². The molecule has 1 aliphatic heterocycles. The zero-order valence-corrected chi connectivity index (χ0v) is 11.7. The second-order valence-electron chi connectivity index (χ2n) is 5.49. The fourth-order valence-corrected chi connectivity index (χ4v) is 2.21. The quantitative estimate of drug-likeness (QED) is 0.501. The third kappa shape index (κ3) is 6.21. The van der Waals surface area contributed by atoms with Crippen LogP contribution in [-0.4, -0.2) is 32.1 Å². The molecular formula is C15H24O4. The number of hydrogen-bond acceptors (Lipinski definition) is 4. The molecule has 0 aromatic heterocycles. The topological polar surface area (TPSA) is 44.8 Å². The largest absolute Gasteiger partial charge is 0.464 e. The molecule has 4 nitrogen and oxygen atoms in total. The Morgan fingerprint density at radius 3 is 3.05 bits per heavy atom. The molecule has 1 heterocycles. The fraction of sp³-hybridized carbons (Fsp3) is 0.800. The third-order valence-corrected chi connectivity index (χ3v) is 3.50. The molecule has 0 saturated carbocycles. The van der Waals surface area contributed by atoms with E-state index < -0.39 is 0 Å². The summed E-state index contributed by atoms with van der Waals surface area (Å²) in [7, 11) is 0. The van der Waals surface area contributed by atoms with Gasteiger partial charge in [-0.05, 0) is 44.4 Å². The maximum atomic E-state index is 11.5. The minimum Gasteiger partial charge on any atom is -0.464 e. The van der Waals surface area contributed by atoms with Crippen LogP contribution in [0.2, 0.25) is 0 Å². The second kappa shape index (κ2) is 7.65. The molecule has 2 atom stereocenters. The van der Waals surface area contributed by atoms with Gasteiger partial charge in [-0.3, -0.25) is 0 Å². The van der Waals surface area contributed by atoms with Crippen LogP contribution in [0.1, 0.15) is 45.4 Å².